The van der Waals surface area contributed by atoms with E-state index in [1.54, 1.807) is 6.92 Å². The van der Waals surface area contributed by atoms with Crippen LogP contribution in [-0.2, 0) is 4.79 Å². The highest BCUT2D eigenvalue weighted by Gasteiger charge is 2.24. The monoisotopic (exact) mass is 194 g/mol. The number of rotatable bonds is 3. The van der Waals surface area contributed by atoms with Gasteiger partial charge in [0.1, 0.15) is 0 Å². The van der Waals surface area contributed by atoms with Crippen LogP contribution < -0.4 is 5.32 Å². The van der Waals surface area contributed by atoms with E-state index in [0.29, 0.717) is 18.4 Å². The highest BCUT2D eigenvalue weighted by molar-refractivity contribution is 5.73. The van der Waals surface area contributed by atoms with Crippen LogP contribution >= 0.6 is 0 Å². The van der Waals surface area contributed by atoms with Crippen LogP contribution in [-0.4, -0.2) is 11.9 Å². The molecule has 1 saturated carbocycles. The SMILES string of the molecule is CC(=O)NC1CCCCC1CCC#N. The fraction of sp³-hybridized carbons (Fsp3) is 0.818. The summed E-state index contributed by atoms with van der Waals surface area (Å²) < 4.78 is 0. The Morgan fingerprint density at radius 1 is 1.50 bits per heavy atom. The van der Waals surface area contributed by atoms with Crippen LogP contribution in [0.25, 0.3) is 0 Å². The van der Waals surface area contributed by atoms with Gasteiger partial charge in [-0.1, -0.05) is 12.8 Å². The molecule has 1 aliphatic carbocycles. The standard InChI is InChI=1S/C11H18N2O/c1-9(14)13-11-7-3-2-5-10(11)6-4-8-12/h10-11H,2-7H2,1H3,(H,13,14). The van der Waals surface area contributed by atoms with Gasteiger partial charge in [-0.15, -0.1) is 0 Å². The minimum absolute atomic E-state index is 0.0545. The smallest absolute Gasteiger partial charge is 0.217 e. The Bertz CT molecular complexity index is 232. The van der Waals surface area contributed by atoms with Gasteiger partial charge >= 0.3 is 0 Å². The van der Waals surface area contributed by atoms with Gasteiger partial charge < -0.3 is 5.32 Å². The number of amides is 1. The minimum Gasteiger partial charge on any atom is -0.353 e. The summed E-state index contributed by atoms with van der Waals surface area (Å²) >= 11 is 0. The number of nitriles is 1. The molecule has 0 aromatic rings. The van der Waals surface area contributed by atoms with Crippen LogP contribution in [0.4, 0.5) is 0 Å². The number of hydrogen-bond acceptors (Lipinski definition) is 2. The molecule has 0 heterocycles. The van der Waals surface area contributed by atoms with Gasteiger partial charge in [-0.3, -0.25) is 4.79 Å². The zero-order valence-corrected chi connectivity index (χ0v) is 8.75. The van der Waals surface area contributed by atoms with Crippen molar-refractivity contribution in [3.8, 4) is 6.07 Å². The normalized spacial score (nSPS) is 26.6. The molecule has 1 rings (SSSR count). The first-order chi connectivity index (χ1) is 6.74. The summed E-state index contributed by atoms with van der Waals surface area (Å²) in [6.45, 7) is 1.57. The molecule has 1 fully saturated rings. The Hall–Kier alpha value is -1.04. The van der Waals surface area contributed by atoms with Crippen molar-refractivity contribution in [1.82, 2.24) is 5.32 Å². The zero-order valence-electron chi connectivity index (χ0n) is 8.75. The van der Waals surface area contributed by atoms with Gasteiger partial charge in [0.25, 0.3) is 0 Å². The van der Waals surface area contributed by atoms with Crippen molar-refractivity contribution in [1.29, 1.82) is 5.26 Å². The highest BCUT2D eigenvalue weighted by Crippen LogP contribution is 2.27. The lowest BCUT2D eigenvalue weighted by Crippen LogP contribution is -2.40. The predicted molar refractivity (Wildman–Crippen MR) is 54.4 cm³/mol. The molecule has 78 valence electrons. The third kappa shape index (κ3) is 3.37. The van der Waals surface area contributed by atoms with E-state index in [2.05, 4.69) is 11.4 Å². The fourth-order valence-electron chi connectivity index (χ4n) is 2.25. The van der Waals surface area contributed by atoms with Crippen molar-refractivity contribution in [3.63, 3.8) is 0 Å². The van der Waals surface area contributed by atoms with E-state index in [0.717, 1.165) is 19.3 Å². The van der Waals surface area contributed by atoms with E-state index in [9.17, 15) is 4.79 Å². The molecule has 2 atom stereocenters. The van der Waals surface area contributed by atoms with Crippen LogP contribution in [0.2, 0.25) is 0 Å². The van der Waals surface area contributed by atoms with Crippen LogP contribution in [0, 0.1) is 17.2 Å². The Labute approximate surface area is 85.5 Å². The van der Waals surface area contributed by atoms with Crippen molar-refractivity contribution < 1.29 is 4.79 Å². The van der Waals surface area contributed by atoms with Gasteiger partial charge in [0, 0.05) is 19.4 Å². The minimum atomic E-state index is 0.0545. The number of nitrogens with one attached hydrogen (secondary N) is 1. The number of carbonyl (C=O) groups excluding carboxylic acids is 1. The van der Waals surface area contributed by atoms with Crippen LogP contribution in [0.5, 0.6) is 0 Å². The summed E-state index contributed by atoms with van der Waals surface area (Å²) in [7, 11) is 0. The Balaban J connectivity index is 2.42. The van der Waals surface area contributed by atoms with E-state index in [4.69, 9.17) is 5.26 Å². The highest BCUT2D eigenvalue weighted by atomic mass is 16.1. The lowest BCUT2D eigenvalue weighted by Gasteiger charge is -2.31. The quantitative estimate of drug-likeness (QED) is 0.747. The van der Waals surface area contributed by atoms with Crippen molar-refractivity contribution in [2.75, 3.05) is 0 Å². The maximum Gasteiger partial charge on any atom is 0.217 e. The second kappa shape index (κ2) is 5.64. The molecular formula is C11H18N2O. The summed E-state index contributed by atoms with van der Waals surface area (Å²) in [4.78, 5) is 11.0. The van der Waals surface area contributed by atoms with Crippen molar-refractivity contribution in [2.24, 2.45) is 5.92 Å². The van der Waals surface area contributed by atoms with Gasteiger partial charge in [-0.25, -0.2) is 0 Å². The molecule has 0 radical (unpaired) electrons. The van der Waals surface area contributed by atoms with Gasteiger partial charge in [-0.05, 0) is 25.2 Å². The third-order valence-corrected chi connectivity index (χ3v) is 2.92. The molecule has 3 heteroatoms. The molecule has 0 bridgehead atoms. The Morgan fingerprint density at radius 3 is 2.86 bits per heavy atom. The van der Waals surface area contributed by atoms with Gasteiger partial charge in [0.15, 0.2) is 0 Å². The molecule has 0 spiro atoms. The molecule has 3 nitrogen and oxygen atoms in total. The first kappa shape index (κ1) is 11.0. The summed E-state index contributed by atoms with van der Waals surface area (Å²) in [5, 5.41) is 11.5. The van der Waals surface area contributed by atoms with Crippen LogP contribution in [0.15, 0.2) is 0 Å². The molecule has 0 aromatic heterocycles. The molecule has 14 heavy (non-hydrogen) atoms. The molecule has 1 N–H and O–H groups in total. The molecule has 1 amide bonds. The lowest BCUT2D eigenvalue weighted by atomic mass is 9.82. The van der Waals surface area contributed by atoms with Crippen molar-refractivity contribution in [3.05, 3.63) is 0 Å². The maximum absolute atomic E-state index is 11.0. The van der Waals surface area contributed by atoms with Crippen molar-refractivity contribution >= 4 is 5.91 Å². The van der Waals surface area contributed by atoms with Crippen molar-refractivity contribution in [2.45, 2.75) is 51.5 Å². The van der Waals surface area contributed by atoms with E-state index < -0.39 is 0 Å². The molecule has 1 aliphatic rings. The fourth-order valence-corrected chi connectivity index (χ4v) is 2.25. The first-order valence-electron chi connectivity index (χ1n) is 5.38. The third-order valence-electron chi connectivity index (χ3n) is 2.92. The number of carbonyl (C=O) groups is 1. The summed E-state index contributed by atoms with van der Waals surface area (Å²) in [5.41, 5.74) is 0. The number of hydrogen-bond donors (Lipinski definition) is 1. The Kier molecular flexibility index (Phi) is 4.45. The number of nitrogens with zero attached hydrogens (tertiary/aromatic N) is 1. The first-order valence-corrected chi connectivity index (χ1v) is 5.38. The van der Waals surface area contributed by atoms with Crippen LogP contribution in [0.3, 0.4) is 0 Å². The zero-order chi connectivity index (χ0) is 10.4. The predicted octanol–water partition coefficient (Wildman–Crippen LogP) is 1.99. The van der Waals surface area contributed by atoms with Gasteiger partial charge in [0.2, 0.25) is 5.91 Å². The van der Waals surface area contributed by atoms with E-state index in [-0.39, 0.29) is 5.91 Å². The molecule has 0 aliphatic heterocycles. The molecule has 0 saturated heterocycles. The summed E-state index contributed by atoms with van der Waals surface area (Å²) in [6, 6.07) is 2.49. The van der Waals surface area contributed by atoms with E-state index >= 15 is 0 Å². The molecule has 0 aromatic carbocycles. The summed E-state index contributed by atoms with van der Waals surface area (Å²) in [6.07, 6.45) is 6.23. The molecule has 2 unspecified atom stereocenters. The topological polar surface area (TPSA) is 52.9 Å². The second-order valence-corrected chi connectivity index (χ2v) is 4.05. The largest absolute Gasteiger partial charge is 0.353 e. The average Bonchev–Trinajstić information content (AvgIpc) is 2.16. The lowest BCUT2D eigenvalue weighted by molar-refractivity contribution is -0.120. The second-order valence-electron chi connectivity index (χ2n) is 4.05. The van der Waals surface area contributed by atoms with E-state index in [1.165, 1.54) is 12.8 Å². The average molecular weight is 194 g/mol. The Morgan fingerprint density at radius 2 is 2.21 bits per heavy atom. The van der Waals surface area contributed by atoms with Crippen LogP contribution in [0.1, 0.15) is 45.4 Å². The molecular weight excluding hydrogens is 176 g/mol. The van der Waals surface area contributed by atoms with E-state index in [1.807, 2.05) is 0 Å². The van der Waals surface area contributed by atoms with Gasteiger partial charge in [0.05, 0.1) is 6.07 Å². The van der Waals surface area contributed by atoms with Gasteiger partial charge in [-0.2, -0.15) is 5.26 Å². The summed E-state index contributed by atoms with van der Waals surface area (Å²) in [5.74, 6) is 0.575. The maximum atomic E-state index is 11.0.